The second-order valence-corrected chi connectivity index (χ2v) is 7.17. The van der Waals surface area contributed by atoms with Crippen LogP contribution in [0.15, 0.2) is 0 Å². The molecule has 0 aromatic heterocycles. The summed E-state index contributed by atoms with van der Waals surface area (Å²) in [7, 11) is -1.86. The van der Waals surface area contributed by atoms with Gasteiger partial charge in [0.05, 0.1) is 6.61 Å². The van der Waals surface area contributed by atoms with Crippen molar-refractivity contribution in [3.63, 3.8) is 0 Å². The van der Waals surface area contributed by atoms with Crippen molar-refractivity contribution >= 4 is 25.1 Å². The van der Waals surface area contributed by atoms with Crippen LogP contribution < -0.4 is 5.09 Å². The number of carbonyl (C=O) groups excluding carboxylic acids is 2. The molecular formula is C15H28NO5P. The van der Waals surface area contributed by atoms with Gasteiger partial charge in [-0.25, -0.2) is 0 Å². The summed E-state index contributed by atoms with van der Waals surface area (Å²) in [5.41, 5.74) is -0.436. The molecular weight excluding hydrogens is 305 g/mol. The van der Waals surface area contributed by atoms with Gasteiger partial charge < -0.3 is 10.2 Å². The van der Waals surface area contributed by atoms with E-state index in [1.807, 2.05) is 13.8 Å². The normalized spacial score (nSPS) is 12.4. The van der Waals surface area contributed by atoms with E-state index in [1.54, 1.807) is 0 Å². The Morgan fingerprint density at radius 2 is 1.41 bits per heavy atom. The molecule has 0 bridgehead atoms. The highest BCUT2D eigenvalue weighted by atomic mass is 31.1. The average molecular weight is 333 g/mol. The quantitative estimate of drug-likeness (QED) is 0.333. The van der Waals surface area contributed by atoms with Gasteiger partial charge in [-0.15, -0.1) is 0 Å². The first kappa shape index (κ1) is 21.2. The van der Waals surface area contributed by atoms with E-state index in [-0.39, 0.29) is 23.9 Å². The number of carbonyl (C=O) groups is 3. The fourth-order valence-electron chi connectivity index (χ4n) is 1.89. The number of hydrogen-bond donors (Lipinski definition) is 3. The molecule has 0 heterocycles. The minimum absolute atomic E-state index is 0.218. The lowest BCUT2D eigenvalue weighted by Gasteiger charge is -2.20. The summed E-state index contributed by atoms with van der Waals surface area (Å²) in [4.78, 5) is 35.5. The number of aliphatic hydroxyl groups excluding tert-OH is 1. The smallest absolute Gasteiger partial charge is 0.323 e. The van der Waals surface area contributed by atoms with Crippen molar-refractivity contribution in [2.75, 3.05) is 6.61 Å². The Labute approximate surface area is 133 Å². The zero-order valence-electron chi connectivity index (χ0n) is 13.5. The standard InChI is InChI=1S/C15H28NO5P/c1-3-5-7-9-13(18)22(14(19)10-8-6-4-2)16-12(11-17)15(20)21/h12,16-17H,3-11H2,1-2H3,(H,20,21). The number of carboxylic acid groups (broad SMARTS) is 1. The first-order valence-corrected chi connectivity index (χ1v) is 9.27. The van der Waals surface area contributed by atoms with E-state index >= 15 is 0 Å². The average Bonchev–Trinajstić information content (AvgIpc) is 2.48. The summed E-state index contributed by atoms with van der Waals surface area (Å²) in [6.07, 6.45) is 5.72. The van der Waals surface area contributed by atoms with E-state index in [1.165, 1.54) is 0 Å². The number of aliphatic carboxylic acids is 1. The molecule has 0 aromatic carbocycles. The number of carboxylic acids is 1. The summed E-state index contributed by atoms with van der Waals surface area (Å²) in [5.74, 6) is -1.25. The molecule has 1 atom stereocenters. The van der Waals surface area contributed by atoms with Crippen molar-refractivity contribution in [3.8, 4) is 0 Å². The Hall–Kier alpha value is -0.840. The van der Waals surface area contributed by atoms with Gasteiger partial charge in [0.25, 0.3) is 0 Å². The number of unbranched alkanes of at least 4 members (excludes halogenated alkanes) is 4. The zero-order chi connectivity index (χ0) is 17.0. The second-order valence-electron chi connectivity index (χ2n) is 5.24. The Kier molecular flexibility index (Phi) is 12.2. The van der Waals surface area contributed by atoms with Gasteiger partial charge in [0, 0.05) is 12.8 Å². The molecule has 0 amide bonds. The maximum Gasteiger partial charge on any atom is 0.323 e. The lowest BCUT2D eigenvalue weighted by Crippen LogP contribution is -2.39. The number of nitrogens with one attached hydrogen (secondary N) is 1. The first-order valence-electron chi connectivity index (χ1n) is 7.93. The lowest BCUT2D eigenvalue weighted by molar-refractivity contribution is -0.139. The molecule has 0 aliphatic carbocycles. The molecule has 6 nitrogen and oxygen atoms in total. The third-order valence-corrected chi connectivity index (χ3v) is 5.27. The van der Waals surface area contributed by atoms with Crippen LogP contribution in [0.1, 0.15) is 65.2 Å². The van der Waals surface area contributed by atoms with Gasteiger partial charge in [-0.2, -0.15) is 0 Å². The van der Waals surface area contributed by atoms with Gasteiger partial charge in [0.1, 0.15) is 14.1 Å². The van der Waals surface area contributed by atoms with Gasteiger partial charge >= 0.3 is 5.97 Å². The third kappa shape index (κ3) is 8.57. The molecule has 0 fully saturated rings. The molecule has 0 spiro atoms. The van der Waals surface area contributed by atoms with Crippen LogP contribution in [0, 0.1) is 0 Å². The highest BCUT2D eigenvalue weighted by molar-refractivity contribution is 7.87. The molecule has 1 unspecified atom stereocenters. The van der Waals surface area contributed by atoms with Crippen molar-refractivity contribution in [1.82, 2.24) is 5.09 Å². The molecule has 0 aromatic rings. The summed E-state index contributed by atoms with van der Waals surface area (Å²) in [6.45, 7) is 3.40. The van der Waals surface area contributed by atoms with Crippen LogP contribution in [-0.4, -0.2) is 39.9 Å². The van der Waals surface area contributed by atoms with E-state index < -0.39 is 26.7 Å². The van der Waals surface area contributed by atoms with Gasteiger partial charge in [-0.05, 0) is 12.8 Å². The Balaban J connectivity index is 4.76. The summed E-state index contributed by atoms with van der Waals surface area (Å²) >= 11 is 0. The van der Waals surface area contributed by atoms with E-state index in [0.717, 1.165) is 25.7 Å². The highest BCUT2D eigenvalue weighted by Gasteiger charge is 2.30. The predicted octanol–water partition coefficient (Wildman–Crippen LogP) is 2.63. The van der Waals surface area contributed by atoms with Gasteiger partial charge in [0.2, 0.25) is 0 Å². The minimum Gasteiger partial charge on any atom is -0.480 e. The molecule has 22 heavy (non-hydrogen) atoms. The Morgan fingerprint density at radius 1 is 0.955 bits per heavy atom. The van der Waals surface area contributed by atoms with Crippen molar-refractivity contribution in [1.29, 1.82) is 0 Å². The van der Waals surface area contributed by atoms with E-state index in [4.69, 9.17) is 10.2 Å². The molecule has 0 saturated carbocycles. The molecule has 0 rings (SSSR count). The van der Waals surface area contributed by atoms with Crippen LogP contribution in [0.4, 0.5) is 0 Å². The maximum atomic E-state index is 12.2. The van der Waals surface area contributed by atoms with Crippen molar-refractivity contribution in [2.45, 2.75) is 71.3 Å². The van der Waals surface area contributed by atoms with Gasteiger partial charge in [-0.3, -0.25) is 19.5 Å². The van der Waals surface area contributed by atoms with Crippen molar-refractivity contribution < 1.29 is 24.6 Å². The van der Waals surface area contributed by atoms with Crippen LogP contribution in [0.5, 0.6) is 0 Å². The van der Waals surface area contributed by atoms with Crippen molar-refractivity contribution in [3.05, 3.63) is 0 Å². The molecule has 0 radical (unpaired) electrons. The number of hydrogen-bond acceptors (Lipinski definition) is 5. The van der Waals surface area contributed by atoms with E-state index in [9.17, 15) is 14.4 Å². The molecule has 0 saturated heterocycles. The van der Waals surface area contributed by atoms with Crippen LogP contribution in [-0.2, 0) is 14.4 Å². The Morgan fingerprint density at radius 3 is 1.73 bits per heavy atom. The third-order valence-electron chi connectivity index (χ3n) is 3.25. The van der Waals surface area contributed by atoms with Crippen molar-refractivity contribution in [2.24, 2.45) is 0 Å². The van der Waals surface area contributed by atoms with Gasteiger partial charge in [-0.1, -0.05) is 39.5 Å². The van der Waals surface area contributed by atoms with Gasteiger partial charge in [0.15, 0.2) is 11.0 Å². The second kappa shape index (κ2) is 12.7. The maximum absolute atomic E-state index is 12.2. The van der Waals surface area contributed by atoms with Crippen LogP contribution in [0.2, 0.25) is 0 Å². The fraction of sp³-hybridized carbons (Fsp3) is 0.800. The summed E-state index contributed by atoms with van der Waals surface area (Å²) in [6, 6.07) is -1.27. The number of aliphatic hydroxyl groups is 1. The topological polar surface area (TPSA) is 104 Å². The monoisotopic (exact) mass is 333 g/mol. The van der Waals surface area contributed by atoms with E-state index in [2.05, 4.69) is 5.09 Å². The van der Waals surface area contributed by atoms with E-state index in [0.29, 0.717) is 12.8 Å². The van der Waals surface area contributed by atoms with Crippen LogP contribution >= 0.6 is 8.07 Å². The molecule has 7 heteroatoms. The molecule has 128 valence electrons. The Bertz CT molecular complexity index is 340. The van der Waals surface area contributed by atoms with Crippen LogP contribution in [0.25, 0.3) is 0 Å². The SMILES string of the molecule is CCCCCC(=O)P(NC(CO)C(=O)O)C(=O)CCCCC. The summed E-state index contributed by atoms with van der Waals surface area (Å²) < 4.78 is 0. The predicted molar refractivity (Wildman–Crippen MR) is 86.9 cm³/mol. The largest absolute Gasteiger partial charge is 0.480 e. The molecule has 3 N–H and O–H groups in total. The molecule has 0 aliphatic heterocycles. The molecule has 0 aliphatic rings. The first-order chi connectivity index (χ1) is 10.5. The highest BCUT2D eigenvalue weighted by Crippen LogP contribution is 2.37. The minimum atomic E-state index is -1.86. The summed E-state index contributed by atoms with van der Waals surface area (Å²) in [5, 5.41) is 20.6. The fourth-order valence-corrected chi connectivity index (χ4v) is 3.72. The zero-order valence-corrected chi connectivity index (χ0v) is 14.4. The number of rotatable bonds is 14. The van der Waals surface area contributed by atoms with Crippen LogP contribution in [0.3, 0.4) is 0 Å². The lowest BCUT2D eigenvalue weighted by atomic mass is 10.2.